The van der Waals surface area contributed by atoms with Crippen LogP contribution in [0.2, 0.25) is 4.34 Å². The first-order chi connectivity index (χ1) is 15.4. The largest absolute Gasteiger partial charge is 0.301 e. The molecule has 6 nitrogen and oxygen atoms in total. The van der Waals surface area contributed by atoms with Gasteiger partial charge >= 0.3 is 0 Å². The van der Waals surface area contributed by atoms with Crippen LogP contribution in [0.5, 0.6) is 0 Å². The van der Waals surface area contributed by atoms with Gasteiger partial charge in [0.25, 0.3) is 10.0 Å². The van der Waals surface area contributed by atoms with Gasteiger partial charge in [-0.05, 0) is 67.9 Å². The molecule has 1 aliphatic heterocycles. The van der Waals surface area contributed by atoms with Crippen molar-refractivity contribution in [3.05, 3.63) is 51.2 Å². The first-order valence-corrected chi connectivity index (χ1v) is 14.1. The Labute approximate surface area is 200 Å². The number of nitrogens with zero attached hydrogens (tertiary/aromatic N) is 2. The van der Waals surface area contributed by atoms with Gasteiger partial charge < -0.3 is 5.32 Å². The summed E-state index contributed by atoms with van der Waals surface area (Å²) in [6.07, 6.45) is 5.80. The molecule has 1 fully saturated rings. The van der Waals surface area contributed by atoms with Crippen LogP contribution in [0.3, 0.4) is 0 Å². The third kappa shape index (κ3) is 4.24. The summed E-state index contributed by atoms with van der Waals surface area (Å²) in [5.41, 5.74) is 4.66. The Bertz CT molecular complexity index is 1270. The number of thiophene rings is 1. The molecule has 0 radical (unpaired) electrons. The molecule has 0 saturated carbocycles. The number of carbonyl (C=O) groups excluding carboxylic acids is 1. The number of hydrogen-bond donors (Lipinski definition) is 1. The van der Waals surface area contributed by atoms with E-state index in [-0.39, 0.29) is 10.1 Å². The summed E-state index contributed by atoms with van der Waals surface area (Å²) in [7, 11) is -3.76. The number of rotatable bonds is 5. The Morgan fingerprint density at radius 2 is 1.94 bits per heavy atom. The molecule has 10 heteroatoms. The topological polar surface area (TPSA) is 79.4 Å². The fourth-order valence-corrected chi connectivity index (χ4v) is 8.38. The molecule has 1 atom stereocenters. The highest BCUT2D eigenvalue weighted by atomic mass is 35.5. The molecule has 1 unspecified atom stereocenters. The molecule has 5 rings (SSSR count). The fourth-order valence-electron chi connectivity index (χ4n) is 4.39. The molecule has 32 heavy (non-hydrogen) atoms. The number of nitrogens with one attached hydrogen (secondary N) is 1. The molecule has 0 bridgehead atoms. The number of aryl methyl sites for hydroxylation is 2. The summed E-state index contributed by atoms with van der Waals surface area (Å²) < 4.78 is 27.9. The van der Waals surface area contributed by atoms with Gasteiger partial charge in [0, 0.05) is 17.5 Å². The van der Waals surface area contributed by atoms with Crippen molar-refractivity contribution in [2.45, 2.75) is 48.8 Å². The van der Waals surface area contributed by atoms with Crippen LogP contribution in [0.1, 0.15) is 36.8 Å². The maximum atomic E-state index is 13.0. The third-order valence-electron chi connectivity index (χ3n) is 6.00. The van der Waals surface area contributed by atoms with Gasteiger partial charge in [0.2, 0.25) is 5.91 Å². The van der Waals surface area contributed by atoms with Gasteiger partial charge in [0.05, 0.1) is 10.0 Å². The van der Waals surface area contributed by atoms with E-state index in [1.54, 1.807) is 6.07 Å². The molecule has 1 amide bonds. The van der Waals surface area contributed by atoms with Crippen LogP contribution in [0, 0.1) is 0 Å². The number of sulfonamides is 1. The van der Waals surface area contributed by atoms with Gasteiger partial charge in [-0.15, -0.1) is 22.7 Å². The number of thiazole rings is 1. The summed E-state index contributed by atoms with van der Waals surface area (Å²) in [5.74, 6) is -0.347. The lowest BCUT2D eigenvalue weighted by atomic mass is 9.90. The van der Waals surface area contributed by atoms with Crippen molar-refractivity contribution in [1.29, 1.82) is 0 Å². The first kappa shape index (κ1) is 22.0. The van der Waals surface area contributed by atoms with Gasteiger partial charge in [-0.3, -0.25) is 4.79 Å². The highest BCUT2D eigenvalue weighted by Crippen LogP contribution is 2.33. The third-order valence-corrected chi connectivity index (χ3v) is 10.4. The predicted octanol–water partition coefficient (Wildman–Crippen LogP) is 5.20. The second kappa shape index (κ2) is 8.87. The van der Waals surface area contributed by atoms with Crippen LogP contribution in [0.15, 0.2) is 39.9 Å². The van der Waals surface area contributed by atoms with Crippen molar-refractivity contribution in [1.82, 2.24) is 9.29 Å². The molecule has 2 aromatic heterocycles. The zero-order chi connectivity index (χ0) is 22.3. The molecule has 2 aliphatic rings. The molecular weight excluding hydrogens is 486 g/mol. The van der Waals surface area contributed by atoms with Gasteiger partial charge in [0.15, 0.2) is 5.13 Å². The minimum atomic E-state index is -3.76. The summed E-state index contributed by atoms with van der Waals surface area (Å²) >= 11 is 8.28. The van der Waals surface area contributed by atoms with E-state index >= 15 is 0 Å². The summed E-state index contributed by atoms with van der Waals surface area (Å²) in [4.78, 5) is 17.6. The fraction of sp³-hybridized carbons (Fsp3) is 0.364. The van der Waals surface area contributed by atoms with Crippen LogP contribution < -0.4 is 5.32 Å². The molecule has 1 saturated heterocycles. The van der Waals surface area contributed by atoms with Crippen LogP contribution in [-0.2, 0) is 27.7 Å². The molecular formula is C22H22ClN3O3S3. The Morgan fingerprint density at radius 1 is 1.12 bits per heavy atom. The molecule has 168 valence electrons. The zero-order valence-electron chi connectivity index (χ0n) is 17.2. The van der Waals surface area contributed by atoms with Crippen LogP contribution in [-0.4, -0.2) is 36.2 Å². The van der Waals surface area contributed by atoms with Crippen molar-refractivity contribution < 1.29 is 13.2 Å². The van der Waals surface area contributed by atoms with Crippen molar-refractivity contribution in [2.24, 2.45) is 0 Å². The van der Waals surface area contributed by atoms with Crippen molar-refractivity contribution >= 4 is 55.3 Å². The minimum absolute atomic E-state index is 0.158. The normalized spacial score (nSPS) is 19.1. The Hall–Kier alpha value is -1.78. The molecule has 1 aliphatic carbocycles. The number of carbonyl (C=O) groups is 1. The van der Waals surface area contributed by atoms with E-state index in [0.717, 1.165) is 35.4 Å². The highest BCUT2D eigenvalue weighted by Gasteiger charge is 2.40. The molecule has 1 N–H and O–H groups in total. The van der Waals surface area contributed by atoms with Crippen molar-refractivity contribution in [2.75, 3.05) is 11.9 Å². The van der Waals surface area contributed by atoms with Gasteiger partial charge in [-0.1, -0.05) is 23.7 Å². The van der Waals surface area contributed by atoms with Crippen LogP contribution in [0.4, 0.5) is 5.13 Å². The number of hydrogen-bond acceptors (Lipinski definition) is 6. The maximum Gasteiger partial charge on any atom is 0.253 e. The molecule has 3 heterocycles. The van der Waals surface area contributed by atoms with E-state index in [0.29, 0.717) is 28.9 Å². The maximum absolute atomic E-state index is 13.0. The molecule has 1 aromatic carbocycles. The first-order valence-electron chi connectivity index (χ1n) is 10.6. The predicted molar refractivity (Wildman–Crippen MR) is 129 cm³/mol. The summed E-state index contributed by atoms with van der Waals surface area (Å²) in [6.45, 7) is 0.314. The number of halogens is 1. The average Bonchev–Trinajstić information content (AvgIpc) is 3.54. The number of anilines is 1. The number of amides is 1. The van der Waals surface area contributed by atoms with Crippen molar-refractivity contribution in [3.8, 4) is 11.3 Å². The lowest BCUT2D eigenvalue weighted by Gasteiger charge is -2.22. The number of aromatic nitrogens is 1. The zero-order valence-corrected chi connectivity index (χ0v) is 20.4. The van der Waals surface area contributed by atoms with E-state index < -0.39 is 16.1 Å². The molecule has 0 spiro atoms. The van der Waals surface area contributed by atoms with Gasteiger partial charge in [0.1, 0.15) is 10.3 Å². The van der Waals surface area contributed by atoms with E-state index in [1.165, 1.54) is 45.7 Å². The van der Waals surface area contributed by atoms with E-state index in [9.17, 15) is 13.2 Å². The van der Waals surface area contributed by atoms with E-state index in [4.69, 9.17) is 11.6 Å². The molecule has 3 aromatic rings. The minimum Gasteiger partial charge on any atom is -0.301 e. The second-order valence-electron chi connectivity index (χ2n) is 8.05. The Morgan fingerprint density at radius 3 is 2.72 bits per heavy atom. The Balaban J connectivity index is 1.32. The average molecular weight is 508 g/mol. The lowest BCUT2D eigenvalue weighted by Crippen LogP contribution is -2.42. The quantitative estimate of drug-likeness (QED) is 0.515. The highest BCUT2D eigenvalue weighted by molar-refractivity contribution is 7.91. The Kier molecular flexibility index (Phi) is 6.11. The lowest BCUT2D eigenvalue weighted by molar-refractivity contribution is -0.119. The second-order valence-corrected chi connectivity index (χ2v) is 12.7. The summed E-state index contributed by atoms with van der Waals surface area (Å²) in [5, 5.41) is 5.24. The van der Waals surface area contributed by atoms with Crippen LogP contribution >= 0.6 is 34.3 Å². The summed E-state index contributed by atoms with van der Waals surface area (Å²) in [6, 6.07) is 8.76. The smallest absolute Gasteiger partial charge is 0.253 e. The standard InChI is InChI=1S/C22H22ClN3O3S3/c23-19-9-10-20(31-19)32(28,29)26-11-3-6-18(26)21(27)25-22-24-17(13-30-22)16-8-7-14-4-1-2-5-15(14)12-16/h7-10,12-13,18H,1-6,11H2,(H,24,25,27). The SMILES string of the molecule is O=C(Nc1nc(-c2ccc3c(c2)CCCC3)cs1)C1CCCN1S(=O)(=O)c1ccc(Cl)s1. The number of fused-ring (bicyclic) bond motifs is 1. The van der Waals surface area contributed by atoms with E-state index in [2.05, 4.69) is 28.5 Å². The van der Waals surface area contributed by atoms with Crippen molar-refractivity contribution in [3.63, 3.8) is 0 Å². The number of benzene rings is 1. The van der Waals surface area contributed by atoms with Gasteiger partial charge in [-0.25, -0.2) is 13.4 Å². The monoisotopic (exact) mass is 507 g/mol. The van der Waals surface area contributed by atoms with E-state index in [1.807, 2.05) is 5.38 Å². The van der Waals surface area contributed by atoms with Crippen LogP contribution in [0.25, 0.3) is 11.3 Å². The van der Waals surface area contributed by atoms with Gasteiger partial charge in [-0.2, -0.15) is 4.31 Å².